The van der Waals surface area contributed by atoms with Crippen LogP contribution in [0, 0.1) is 0 Å². The summed E-state index contributed by atoms with van der Waals surface area (Å²) in [6, 6.07) is 1.49. The fourth-order valence-electron chi connectivity index (χ4n) is 3.30. The molecule has 1 saturated carbocycles. The fourth-order valence-corrected chi connectivity index (χ4v) is 3.30. The largest absolute Gasteiger partial charge is 0.378 e. The van der Waals surface area contributed by atoms with Crippen molar-refractivity contribution in [1.82, 2.24) is 10.2 Å². The van der Waals surface area contributed by atoms with Crippen molar-refractivity contribution in [3.63, 3.8) is 0 Å². The van der Waals surface area contributed by atoms with E-state index < -0.39 is 0 Å². The minimum absolute atomic E-state index is 0.652. The first-order valence-electron chi connectivity index (χ1n) is 7.40. The lowest BCUT2D eigenvalue weighted by Gasteiger charge is -2.41. The van der Waals surface area contributed by atoms with E-state index >= 15 is 0 Å². The average molecular weight is 240 g/mol. The monoisotopic (exact) mass is 240 g/mol. The summed E-state index contributed by atoms with van der Waals surface area (Å²) in [6.07, 6.45) is 9.81. The highest BCUT2D eigenvalue weighted by molar-refractivity contribution is 4.83. The third-order valence-corrected chi connectivity index (χ3v) is 4.29. The van der Waals surface area contributed by atoms with E-state index in [9.17, 15) is 0 Å². The molecule has 0 amide bonds. The Hall–Kier alpha value is -0.120. The smallest absolute Gasteiger partial charge is 0.0623 e. The predicted molar refractivity (Wildman–Crippen MR) is 71.3 cm³/mol. The van der Waals surface area contributed by atoms with E-state index in [-0.39, 0.29) is 0 Å². The van der Waals surface area contributed by atoms with E-state index in [1.54, 1.807) is 0 Å². The van der Waals surface area contributed by atoms with Crippen molar-refractivity contribution < 1.29 is 4.74 Å². The van der Waals surface area contributed by atoms with Crippen molar-refractivity contribution in [2.24, 2.45) is 0 Å². The highest BCUT2D eigenvalue weighted by Crippen LogP contribution is 2.25. The van der Waals surface area contributed by atoms with Gasteiger partial charge in [-0.3, -0.25) is 4.90 Å². The van der Waals surface area contributed by atoms with Gasteiger partial charge in [0.05, 0.1) is 13.2 Å². The zero-order chi connectivity index (χ0) is 11.9. The van der Waals surface area contributed by atoms with E-state index in [2.05, 4.69) is 10.2 Å². The number of ether oxygens (including phenoxy) is 1. The Bertz CT molecular complexity index is 202. The molecule has 2 aliphatic rings. The van der Waals surface area contributed by atoms with Gasteiger partial charge in [0.15, 0.2) is 0 Å². The molecule has 1 N–H and O–H groups in total. The van der Waals surface area contributed by atoms with Crippen molar-refractivity contribution in [3.8, 4) is 0 Å². The minimum Gasteiger partial charge on any atom is -0.378 e. The van der Waals surface area contributed by atoms with Gasteiger partial charge in [0.1, 0.15) is 0 Å². The van der Waals surface area contributed by atoms with Crippen LogP contribution in [-0.4, -0.2) is 50.3 Å². The van der Waals surface area contributed by atoms with E-state index in [1.165, 1.54) is 44.9 Å². The lowest BCUT2D eigenvalue weighted by Crippen LogP contribution is -2.51. The summed E-state index contributed by atoms with van der Waals surface area (Å²) >= 11 is 0. The van der Waals surface area contributed by atoms with E-state index in [1.807, 2.05) is 7.05 Å². The van der Waals surface area contributed by atoms with Gasteiger partial charge >= 0.3 is 0 Å². The van der Waals surface area contributed by atoms with Gasteiger partial charge in [-0.25, -0.2) is 0 Å². The number of hydrogen-bond acceptors (Lipinski definition) is 3. The number of nitrogens with one attached hydrogen (secondary N) is 1. The van der Waals surface area contributed by atoms with Crippen LogP contribution in [-0.2, 0) is 4.74 Å². The highest BCUT2D eigenvalue weighted by atomic mass is 16.5. The third-order valence-electron chi connectivity index (χ3n) is 4.29. The van der Waals surface area contributed by atoms with Crippen LogP contribution >= 0.6 is 0 Å². The summed E-state index contributed by atoms with van der Waals surface area (Å²) in [5, 5.41) is 3.27. The van der Waals surface area contributed by atoms with Crippen molar-refractivity contribution in [2.75, 3.05) is 33.4 Å². The van der Waals surface area contributed by atoms with Gasteiger partial charge in [-0.05, 0) is 32.9 Å². The number of nitrogens with zero attached hydrogens (tertiary/aromatic N) is 1. The molecule has 17 heavy (non-hydrogen) atoms. The zero-order valence-electron chi connectivity index (χ0n) is 11.3. The molecular formula is C14H28N2O. The molecule has 0 aromatic heterocycles. The SMILES string of the molecule is CNCCC1COCCN1C1CCCCCC1. The van der Waals surface area contributed by atoms with Crippen LogP contribution in [0.4, 0.5) is 0 Å². The molecule has 100 valence electrons. The molecular weight excluding hydrogens is 212 g/mol. The summed E-state index contributed by atoms with van der Waals surface area (Å²) in [5.41, 5.74) is 0. The maximum atomic E-state index is 5.66. The molecule has 1 aliphatic heterocycles. The number of rotatable bonds is 4. The maximum Gasteiger partial charge on any atom is 0.0623 e. The molecule has 1 saturated heterocycles. The Morgan fingerprint density at radius 2 is 1.94 bits per heavy atom. The Labute approximate surface area is 106 Å². The topological polar surface area (TPSA) is 24.5 Å². The quantitative estimate of drug-likeness (QED) is 0.761. The Kier molecular flexibility index (Phi) is 5.75. The van der Waals surface area contributed by atoms with E-state index in [0.717, 1.165) is 32.3 Å². The normalized spacial score (nSPS) is 29.1. The number of hydrogen-bond donors (Lipinski definition) is 1. The van der Waals surface area contributed by atoms with Crippen LogP contribution in [0.1, 0.15) is 44.9 Å². The van der Waals surface area contributed by atoms with Crippen LogP contribution in [0.2, 0.25) is 0 Å². The Balaban J connectivity index is 1.89. The highest BCUT2D eigenvalue weighted by Gasteiger charge is 2.29. The summed E-state index contributed by atoms with van der Waals surface area (Å²) in [6.45, 7) is 4.14. The molecule has 0 spiro atoms. The Morgan fingerprint density at radius 1 is 1.18 bits per heavy atom. The zero-order valence-corrected chi connectivity index (χ0v) is 11.3. The molecule has 3 heteroatoms. The fraction of sp³-hybridized carbons (Fsp3) is 1.00. The molecule has 0 bridgehead atoms. The molecule has 0 aromatic carbocycles. The predicted octanol–water partition coefficient (Wildman–Crippen LogP) is 2.02. The second-order valence-corrected chi connectivity index (χ2v) is 5.50. The Morgan fingerprint density at radius 3 is 2.65 bits per heavy atom. The standard InChI is InChI=1S/C14H28N2O/c1-15-9-8-14-12-17-11-10-16(14)13-6-4-2-3-5-7-13/h13-15H,2-12H2,1H3. The van der Waals surface area contributed by atoms with Gasteiger partial charge in [-0.2, -0.15) is 0 Å². The molecule has 1 heterocycles. The minimum atomic E-state index is 0.652. The summed E-state index contributed by atoms with van der Waals surface area (Å²) in [5.74, 6) is 0. The second-order valence-electron chi connectivity index (χ2n) is 5.50. The van der Waals surface area contributed by atoms with Crippen LogP contribution in [0.25, 0.3) is 0 Å². The van der Waals surface area contributed by atoms with Crippen LogP contribution < -0.4 is 5.32 Å². The third kappa shape index (κ3) is 3.94. The summed E-state index contributed by atoms with van der Waals surface area (Å²) < 4.78 is 5.66. The number of morpholine rings is 1. The first kappa shape index (κ1) is 13.3. The van der Waals surface area contributed by atoms with E-state index in [0.29, 0.717) is 6.04 Å². The molecule has 2 rings (SSSR count). The molecule has 3 nitrogen and oxygen atoms in total. The van der Waals surface area contributed by atoms with Crippen LogP contribution in [0.3, 0.4) is 0 Å². The summed E-state index contributed by atoms with van der Waals surface area (Å²) in [4.78, 5) is 2.76. The van der Waals surface area contributed by atoms with Crippen LogP contribution in [0.15, 0.2) is 0 Å². The van der Waals surface area contributed by atoms with Gasteiger partial charge in [-0.15, -0.1) is 0 Å². The molecule has 0 radical (unpaired) electrons. The van der Waals surface area contributed by atoms with E-state index in [4.69, 9.17) is 4.74 Å². The lowest BCUT2D eigenvalue weighted by molar-refractivity contribution is -0.0341. The molecule has 1 atom stereocenters. The lowest BCUT2D eigenvalue weighted by atomic mass is 10.0. The van der Waals surface area contributed by atoms with Crippen LogP contribution in [0.5, 0.6) is 0 Å². The summed E-state index contributed by atoms with van der Waals surface area (Å²) in [7, 11) is 2.04. The van der Waals surface area contributed by atoms with Gasteiger partial charge < -0.3 is 10.1 Å². The van der Waals surface area contributed by atoms with Crippen molar-refractivity contribution >= 4 is 0 Å². The first-order valence-corrected chi connectivity index (χ1v) is 7.40. The molecule has 1 aliphatic carbocycles. The second kappa shape index (κ2) is 7.34. The molecule has 1 unspecified atom stereocenters. The average Bonchev–Trinajstić information content (AvgIpc) is 2.65. The van der Waals surface area contributed by atoms with Crippen molar-refractivity contribution in [1.29, 1.82) is 0 Å². The first-order chi connectivity index (χ1) is 8.42. The maximum absolute atomic E-state index is 5.66. The van der Waals surface area contributed by atoms with Crippen molar-refractivity contribution in [2.45, 2.75) is 57.0 Å². The molecule has 0 aromatic rings. The van der Waals surface area contributed by atoms with Crippen molar-refractivity contribution in [3.05, 3.63) is 0 Å². The van der Waals surface area contributed by atoms with Gasteiger partial charge in [0.25, 0.3) is 0 Å². The van der Waals surface area contributed by atoms with Gasteiger partial charge in [0, 0.05) is 18.6 Å². The van der Waals surface area contributed by atoms with Gasteiger partial charge in [-0.1, -0.05) is 25.7 Å². The molecule has 2 fully saturated rings. The van der Waals surface area contributed by atoms with Gasteiger partial charge in [0.2, 0.25) is 0 Å².